The summed E-state index contributed by atoms with van der Waals surface area (Å²) in [7, 11) is 0. The standard InChI is InChI=1S/C15H16ClNO/c16-13-8-6-12(7-9-13)15(17)10-11-18-14-4-2-1-3-5-14/h1-9,15H,10-11,17H2. The van der Waals surface area contributed by atoms with Gasteiger partial charge in [0.1, 0.15) is 5.75 Å². The Balaban J connectivity index is 1.81. The first kappa shape index (κ1) is 12.9. The summed E-state index contributed by atoms with van der Waals surface area (Å²) < 4.78 is 5.62. The number of nitrogens with two attached hydrogens (primary N) is 1. The van der Waals surface area contributed by atoms with Crippen LogP contribution in [0.3, 0.4) is 0 Å². The van der Waals surface area contributed by atoms with Gasteiger partial charge in [-0.1, -0.05) is 41.9 Å². The zero-order chi connectivity index (χ0) is 12.8. The maximum atomic E-state index is 6.09. The molecule has 2 rings (SSSR count). The van der Waals surface area contributed by atoms with Gasteiger partial charge < -0.3 is 10.5 Å². The SMILES string of the molecule is NC(CCOc1ccccc1)c1ccc(Cl)cc1. The van der Waals surface area contributed by atoms with Crippen LogP contribution in [0.25, 0.3) is 0 Å². The van der Waals surface area contributed by atoms with E-state index in [0.29, 0.717) is 6.61 Å². The quantitative estimate of drug-likeness (QED) is 0.888. The third kappa shape index (κ3) is 3.76. The van der Waals surface area contributed by atoms with Gasteiger partial charge in [0.15, 0.2) is 0 Å². The van der Waals surface area contributed by atoms with E-state index in [0.717, 1.165) is 22.8 Å². The molecule has 3 heteroatoms. The minimum absolute atomic E-state index is 0.0222. The van der Waals surface area contributed by atoms with Crippen LogP contribution in [-0.4, -0.2) is 6.61 Å². The molecule has 0 amide bonds. The van der Waals surface area contributed by atoms with Crippen LogP contribution in [0.1, 0.15) is 18.0 Å². The number of hydrogen-bond donors (Lipinski definition) is 1. The predicted octanol–water partition coefficient (Wildman–Crippen LogP) is 3.81. The zero-order valence-electron chi connectivity index (χ0n) is 10.1. The molecule has 0 saturated carbocycles. The summed E-state index contributed by atoms with van der Waals surface area (Å²) in [5.41, 5.74) is 7.17. The Kier molecular flexibility index (Phi) is 4.62. The van der Waals surface area contributed by atoms with Crippen molar-refractivity contribution in [3.63, 3.8) is 0 Å². The zero-order valence-corrected chi connectivity index (χ0v) is 10.8. The van der Waals surface area contributed by atoms with E-state index in [4.69, 9.17) is 22.1 Å². The number of benzene rings is 2. The third-order valence-corrected chi connectivity index (χ3v) is 2.99. The molecule has 0 radical (unpaired) electrons. The molecule has 2 aromatic rings. The van der Waals surface area contributed by atoms with Crippen molar-refractivity contribution < 1.29 is 4.74 Å². The third-order valence-electron chi connectivity index (χ3n) is 2.74. The lowest BCUT2D eigenvalue weighted by molar-refractivity contribution is 0.298. The highest BCUT2D eigenvalue weighted by Crippen LogP contribution is 2.18. The monoisotopic (exact) mass is 261 g/mol. The Morgan fingerprint density at radius 2 is 1.67 bits per heavy atom. The largest absolute Gasteiger partial charge is 0.494 e. The Labute approximate surface area is 112 Å². The van der Waals surface area contributed by atoms with E-state index in [2.05, 4.69) is 0 Å². The van der Waals surface area contributed by atoms with E-state index >= 15 is 0 Å². The molecule has 0 bridgehead atoms. The Hall–Kier alpha value is -1.51. The molecule has 0 fully saturated rings. The second-order valence-electron chi connectivity index (χ2n) is 4.11. The minimum Gasteiger partial charge on any atom is -0.494 e. The number of para-hydroxylation sites is 1. The number of halogens is 1. The van der Waals surface area contributed by atoms with Gasteiger partial charge in [0.25, 0.3) is 0 Å². The van der Waals surface area contributed by atoms with E-state index in [1.165, 1.54) is 0 Å². The molecule has 0 aliphatic heterocycles. The number of hydrogen-bond acceptors (Lipinski definition) is 2. The van der Waals surface area contributed by atoms with Gasteiger partial charge in [0, 0.05) is 17.5 Å². The van der Waals surface area contributed by atoms with E-state index < -0.39 is 0 Å². The molecule has 2 N–H and O–H groups in total. The van der Waals surface area contributed by atoms with Gasteiger partial charge >= 0.3 is 0 Å². The fourth-order valence-electron chi connectivity index (χ4n) is 1.70. The van der Waals surface area contributed by atoms with E-state index in [9.17, 15) is 0 Å². The first-order valence-electron chi connectivity index (χ1n) is 5.94. The predicted molar refractivity (Wildman–Crippen MR) is 74.9 cm³/mol. The highest BCUT2D eigenvalue weighted by atomic mass is 35.5. The summed E-state index contributed by atoms with van der Waals surface area (Å²) in [6, 6.07) is 17.3. The topological polar surface area (TPSA) is 35.2 Å². The van der Waals surface area contributed by atoms with Crippen LogP contribution in [0.15, 0.2) is 54.6 Å². The molecule has 18 heavy (non-hydrogen) atoms. The molecule has 0 aromatic heterocycles. The van der Waals surface area contributed by atoms with Crippen molar-refractivity contribution in [1.82, 2.24) is 0 Å². The van der Waals surface area contributed by atoms with Crippen molar-refractivity contribution in [2.75, 3.05) is 6.61 Å². The second kappa shape index (κ2) is 6.43. The fraction of sp³-hybridized carbons (Fsp3) is 0.200. The maximum absolute atomic E-state index is 6.09. The van der Waals surface area contributed by atoms with Crippen molar-refractivity contribution in [1.29, 1.82) is 0 Å². The van der Waals surface area contributed by atoms with Gasteiger partial charge in [-0.3, -0.25) is 0 Å². The van der Waals surface area contributed by atoms with Crippen LogP contribution in [-0.2, 0) is 0 Å². The molecular formula is C15H16ClNO. The van der Waals surface area contributed by atoms with E-state index in [1.807, 2.05) is 54.6 Å². The summed E-state index contributed by atoms with van der Waals surface area (Å²) in [4.78, 5) is 0. The summed E-state index contributed by atoms with van der Waals surface area (Å²) >= 11 is 5.84. The number of rotatable bonds is 5. The number of ether oxygens (including phenoxy) is 1. The van der Waals surface area contributed by atoms with E-state index in [-0.39, 0.29) is 6.04 Å². The molecule has 2 nitrogen and oxygen atoms in total. The highest BCUT2D eigenvalue weighted by molar-refractivity contribution is 6.30. The van der Waals surface area contributed by atoms with Gasteiger partial charge in [-0.2, -0.15) is 0 Å². The van der Waals surface area contributed by atoms with Crippen LogP contribution in [0.4, 0.5) is 0 Å². The first-order valence-corrected chi connectivity index (χ1v) is 6.32. The Morgan fingerprint density at radius 3 is 2.33 bits per heavy atom. The molecule has 0 spiro atoms. The average molecular weight is 262 g/mol. The summed E-state index contributed by atoms with van der Waals surface area (Å²) in [6.07, 6.45) is 0.774. The Bertz CT molecular complexity index is 470. The van der Waals surface area contributed by atoms with Crippen LogP contribution >= 0.6 is 11.6 Å². The van der Waals surface area contributed by atoms with Gasteiger partial charge in [0.05, 0.1) is 6.61 Å². The maximum Gasteiger partial charge on any atom is 0.119 e. The van der Waals surface area contributed by atoms with Crippen LogP contribution in [0, 0.1) is 0 Å². The summed E-state index contributed by atoms with van der Waals surface area (Å²) in [6.45, 7) is 0.605. The van der Waals surface area contributed by atoms with Crippen molar-refractivity contribution >= 4 is 11.6 Å². The molecule has 0 heterocycles. The van der Waals surface area contributed by atoms with E-state index in [1.54, 1.807) is 0 Å². The molecule has 1 unspecified atom stereocenters. The van der Waals surface area contributed by atoms with Crippen molar-refractivity contribution in [3.05, 3.63) is 65.2 Å². The van der Waals surface area contributed by atoms with Gasteiger partial charge in [0.2, 0.25) is 0 Å². The van der Waals surface area contributed by atoms with Gasteiger partial charge in [-0.05, 0) is 29.8 Å². The highest BCUT2D eigenvalue weighted by Gasteiger charge is 2.05. The molecule has 2 aromatic carbocycles. The lowest BCUT2D eigenvalue weighted by Crippen LogP contribution is -2.14. The molecule has 0 aliphatic rings. The van der Waals surface area contributed by atoms with Crippen LogP contribution < -0.4 is 10.5 Å². The normalized spacial score (nSPS) is 12.1. The van der Waals surface area contributed by atoms with Crippen LogP contribution in [0.2, 0.25) is 5.02 Å². The lowest BCUT2D eigenvalue weighted by Gasteiger charge is -2.13. The average Bonchev–Trinajstić information content (AvgIpc) is 2.40. The molecule has 0 aliphatic carbocycles. The molecule has 0 saturated heterocycles. The first-order chi connectivity index (χ1) is 8.75. The Morgan fingerprint density at radius 1 is 1.00 bits per heavy atom. The fourth-order valence-corrected chi connectivity index (χ4v) is 1.82. The lowest BCUT2D eigenvalue weighted by atomic mass is 10.1. The van der Waals surface area contributed by atoms with Gasteiger partial charge in [-0.25, -0.2) is 0 Å². The van der Waals surface area contributed by atoms with Crippen molar-refractivity contribution in [2.24, 2.45) is 5.73 Å². The molecular weight excluding hydrogens is 246 g/mol. The van der Waals surface area contributed by atoms with Crippen molar-refractivity contribution in [3.8, 4) is 5.75 Å². The van der Waals surface area contributed by atoms with Crippen LogP contribution in [0.5, 0.6) is 5.75 Å². The smallest absolute Gasteiger partial charge is 0.119 e. The molecule has 1 atom stereocenters. The van der Waals surface area contributed by atoms with Crippen molar-refractivity contribution in [2.45, 2.75) is 12.5 Å². The summed E-state index contributed by atoms with van der Waals surface area (Å²) in [5.74, 6) is 0.876. The second-order valence-corrected chi connectivity index (χ2v) is 4.54. The summed E-state index contributed by atoms with van der Waals surface area (Å²) in [5, 5.41) is 0.728. The molecule has 94 valence electrons. The van der Waals surface area contributed by atoms with Gasteiger partial charge in [-0.15, -0.1) is 0 Å². The minimum atomic E-state index is -0.0222.